The molecule has 2 aliphatic rings. The molecule has 0 saturated carbocycles. The topological polar surface area (TPSA) is 113 Å². The van der Waals surface area contributed by atoms with Crippen LogP contribution in [0.4, 0.5) is 15.8 Å². The number of nitrogens with one attached hydrogen (secondary N) is 1. The van der Waals surface area contributed by atoms with E-state index in [4.69, 9.17) is 21.1 Å². The van der Waals surface area contributed by atoms with Crippen molar-refractivity contribution in [3.63, 3.8) is 0 Å². The van der Waals surface area contributed by atoms with Crippen LogP contribution in [0, 0.1) is 5.82 Å². The Balaban J connectivity index is 1.48. The molecule has 0 bridgehead atoms. The van der Waals surface area contributed by atoms with Crippen molar-refractivity contribution in [3.8, 4) is 11.5 Å². The molecule has 12 heteroatoms. The Bertz CT molecular complexity index is 1140. The van der Waals surface area contributed by atoms with Crippen molar-refractivity contribution in [2.75, 3.05) is 31.0 Å². The average molecular weight is 462 g/mol. The van der Waals surface area contributed by atoms with Crippen molar-refractivity contribution in [3.05, 3.63) is 47.2 Å². The molecule has 2 atom stereocenters. The minimum Gasteiger partial charge on any atom is -0.493 e. The fourth-order valence-corrected chi connectivity index (χ4v) is 3.67. The first-order chi connectivity index (χ1) is 15.3. The summed E-state index contributed by atoms with van der Waals surface area (Å²) in [7, 11) is 2.96. The molecule has 1 saturated heterocycles. The summed E-state index contributed by atoms with van der Waals surface area (Å²) in [6, 6.07) is 6.16. The Morgan fingerprint density at radius 1 is 1.12 bits per heavy atom. The van der Waals surface area contributed by atoms with Gasteiger partial charge in [-0.05, 0) is 30.3 Å². The highest BCUT2D eigenvalue weighted by Crippen LogP contribution is 2.34. The van der Waals surface area contributed by atoms with Gasteiger partial charge in [0.15, 0.2) is 23.6 Å². The predicted octanol–water partition coefficient (Wildman–Crippen LogP) is 2.43. The molecule has 0 aromatic heterocycles. The van der Waals surface area contributed by atoms with Gasteiger partial charge < -0.3 is 14.8 Å². The first kappa shape index (κ1) is 21.5. The lowest BCUT2D eigenvalue weighted by atomic mass is 10.1. The van der Waals surface area contributed by atoms with E-state index < -0.39 is 35.6 Å². The average Bonchev–Trinajstić information content (AvgIpc) is 3.29. The fraction of sp³-hybridized carbons (Fsp3) is 0.250. The summed E-state index contributed by atoms with van der Waals surface area (Å²) in [5.41, 5.74) is 0.558. The Labute approximate surface area is 186 Å². The molecule has 0 radical (unpaired) electrons. The molecule has 2 aromatic carbocycles. The van der Waals surface area contributed by atoms with Crippen LogP contribution < -0.4 is 19.7 Å². The summed E-state index contributed by atoms with van der Waals surface area (Å²) in [5, 5.41) is 11.3. The number of hydrogen-bond donors (Lipinski definition) is 1. The van der Waals surface area contributed by atoms with E-state index in [-0.39, 0.29) is 17.3 Å². The van der Waals surface area contributed by atoms with Crippen LogP contribution >= 0.6 is 11.6 Å². The van der Waals surface area contributed by atoms with Crippen molar-refractivity contribution in [2.24, 2.45) is 10.3 Å². The number of anilines is 2. The molecular weight excluding hydrogens is 445 g/mol. The molecule has 3 amide bonds. The van der Waals surface area contributed by atoms with Gasteiger partial charge in [-0.25, -0.2) is 9.29 Å². The molecule has 2 aromatic rings. The van der Waals surface area contributed by atoms with Crippen molar-refractivity contribution in [1.82, 2.24) is 5.01 Å². The Kier molecular flexibility index (Phi) is 5.66. The van der Waals surface area contributed by atoms with E-state index in [0.717, 1.165) is 16.0 Å². The maximum absolute atomic E-state index is 13.5. The number of carbonyl (C=O) groups is 3. The summed E-state index contributed by atoms with van der Waals surface area (Å²) in [5.74, 6) is -1.50. The van der Waals surface area contributed by atoms with E-state index in [9.17, 15) is 18.8 Å². The second-order valence-corrected chi connectivity index (χ2v) is 7.33. The van der Waals surface area contributed by atoms with Gasteiger partial charge in [-0.15, -0.1) is 0 Å². The summed E-state index contributed by atoms with van der Waals surface area (Å²) >= 11 is 5.78. The SMILES string of the molecule is COc1ccc(NC(=O)CN2N=N[C@H]3C(=O)N(c4ccc(F)c(Cl)c4)C(=O)[C@H]32)cc1OC. The number of amides is 3. The normalized spacial score (nSPS) is 19.4. The highest BCUT2D eigenvalue weighted by molar-refractivity contribution is 6.32. The standard InChI is InChI=1S/C20H17ClFN5O5/c1-31-14-6-3-10(7-15(14)32-2)23-16(28)9-26-18-17(24-25-26)19(29)27(20(18)30)11-4-5-13(22)12(21)8-11/h3-8,17-18H,9H2,1-2H3,(H,23,28)/t17-,18+/m1/s1. The van der Waals surface area contributed by atoms with Gasteiger partial charge in [0.1, 0.15) is 12.4 Å². The van der Waals surface area contributed by atoms with E-state index in [2.05, 4.69) is 15.7 Å². The predicted molar refractivity (Wildman–Crippen MR) is 111 cm³/mol. The van der Waals surface area contributed by atoms with E-state index in [1.165, 1.54) is 26.4 Å². The molecule has 1 fully saturated rings. The van der Waals surface area contributed by atoms with Crippen molar-refractivity contribution in [2.45, 2.75) is 12.1 Å². The maximum Gasteiger partial charge on any atom is 0.263 e. The van der Waals surface area contributed by atoms with E-state index in [1.807, 2.05) is 0 Å². The number of benzene rings is 2. The van der Waals surface area contributed by atoms with Gasteiger partial charge in [0.2, 0.25) is 5.91 Å². The zero-order valence-corrected chi connectivity index (χ0v) is 17.7. The molecule has 2 aliphatic heterocycles. The quantitative estimate of drug-likeness (QED) is 0.661. The lowest BCUT2D eigenvalue weighted by Gasteiger charge is -2.20. The first-order valence-electron chi connectivity index (χ1n) is 9.36. The third-order valence-electron chi connectivity index (χ3n) is 4.99. The Morgan fingerprint density at radius 3 is 2.56 bits per heavy atom. The Hall–Kier alpha value is -3.73. The van der Waals surface area contributed by atoms with Crippen LogP contribution in [0.15, 0.2) is 46.7 Å². The molecule has 4 rings (SSSR count). The molecule has 0 aliphatic carbocycles. The molecule has 32 heavy (non-hydrogen) atoms. The molecule has 2 heterocycles. The van der Waals surface area contributed by atoms with Gasteiger partial charge in [0.25, 0.3) is 11.8 Å². The van der Waals surface area contributed by atoms with Crippen LogP contribution in [0.2, 0.25) is 5.02 Å². The van der Waals surface area contributed by atoms with Crippen molar-refractivity contribution in [1.29, 1.82) is 0 Å². The lowest BCUT2D eigenvalue weighted by Crippen LogP contribution is -2.43. The third-order valence-corrected chi connectivity index (χ3v) is 5.28. The number of fused-ring (bicyclic) bond motifs is 1. The number of halogens is 2. The molecular formula is C20H17ClFN5O5. The van der Waals surface area contributed by atoms with Gasteiger partial charge in [-0.3, -0.25) is 19.4 Å². The summed E-state index contributed by atoms with van der Waals surface area (Å²) in [6.07, 6.45) is 0. The van der Waals surface area contributed by atoms with E-state index in [1.54, 1.807) is 18.2 Å². The zero-order chi connectivity index (χ0) is 23.0. The van der Waals surface area contributed by atoms with Crippen LogP contribution in [0.1, 0.15) is 0 Å². The van der Waals surface area contributed by atoms with Crippen LogP contribution in [-0.4, -0.2) is 55.6 Å². The number of rotatable bonds is 6. The number of nitrogens with zero attached hydrogens (tertiary/aromatic N) is 4. The van der Waals surface area contributed by atoms with Gasteiger partial charge >= 0.3 is 0 Å². The van der Waals surface area contributed by atoms with Crippen molar-refractivity contribution < 1.29 is 28.2 Å². The molecule has 0 spiro atoms. The van der Waals surface area contributed by atoms with Gasteiger partial charge in [0.05, 0.1) is 24.9 Å². The second kappa shape index (κ2) is 8.42. The van der Waals surface area contributed by atoms with E-state index >= 15 is 0 Å². The highest BCUT2D eigenvalue weighted by Gasteiger charge is 2.55. The number of carbonyl (C=O) groups excluding carboxylic acids is 3. The minimum absolute atomic E-state index is 0.116. The van der Waals surface area contributed by atoms with Crippen molar-refractivity contribution >= 4 is 40.7 Å². The number of hydrogen-bond acceptors (Lipinski definition) is 8. The monoisotopic (exact) mass is 461 g/mol. The minimum atomic E-state index is -1.10. The second-order valence-electron chi connectivity index (χ2n) is 6.92. The number of ether oxygens (including phenoxy) is 2. The smallest absolute Gasteiger partial charge is 0.263 e. The molecule has 1 N–H and O–H groups in total. The maximum atomic E-state index is 13.5. The molecule has 0 unspecified atom stereocenters. The molecule has 10 nitrogen and oxygen atoms in total. The lowest BCUT2D eigenvalue weighted by molar-refractivity contribution is -0.123. The molecule has 166 valence electrons. The van der Waals surface area contributed by atoms with Crippen LogP contribution in [-0.2, 0) is 14.4 Å². The van der Waals surface area contributed by atoms with Crippen LogP contribution in [0.5, 0.6) is 11.5 Å². The largest absolute Gasteiger partial charge is 0.493 e. The van der Waals surface area contributed by atoms with Gasteiger partial charge in [-0.1, -0.05) is 16.8 Å². The third kappa shape index (κ3) is 3.71. The summed E-state index contributed by atoms with van der Waals surface area (Å²) in [4.78, 5) is 39.1. The summed E-state index contributed by atoms with van der Waals surface area (Å²) in [6.45, 7) is -0.323. The van der Waals surface area contributed by atoms with Crippen LogP contribution in [0.25, 0.3) is 0 Å². The number of imide groups is 1. The first-order valence-corrected chi connectivity index (χ1v) is 9.74. The van der Waals surface area contributed by atoms with E-state index in [0.29, 0.717) is 17.2 Å². The van der Waals surface area contributed by atoms with Gasteiger partial charge in [-0.2, -0.15) is 5.11 Å². The summed E-state index contributed by atoms with van der Waals surface area (Å²) < 4.78 is 23.8. The fourth-order valence-electron chi connectivity index (χ4n) is 3.49. The van der Waals surface area contributed by atoms with Crippen LogP contribution in [0.3, 0.4) is 0 Å². The number of methoxy groups -OCH3 is 2. The Morgan fingerprint density at radius 2 is 1.88 bits per heavy atom. The zero-order valence-electron chi connectivity index (χ0n) is 16.9. The van der Waals surface area contributed by atoms with Gasteiger partial charge in [0, 0.05) is 11.8 Å². The highest BCUT2D eigenvalue weighted by atomic mass is 35.5.